The van der Waals surface area contributed by atoms with E-state index in [-0.39, 0.29) is 5.97 Å². The third-order valence-corrected chi connectivity index (χ3v) is 6.08. The number of benzene rings is 4. The van der Waals surface area contributed by atoms with Crippen LogP contribution in [0.2, 0.25) is 0 Å². The van der Waals surface area contributed by atoms with Crippen molar-refractivity contribution >= 4 is 27.5 Å². The van der Waals surface area contributed by atoms with Gasteiger partial charge in [0, 0.05) is 19.6 Å². The predicted molar refractivity (Wildman–Crippen MR) is 127 cm³/mol. The summed E-state index contributed by atoms with van der Waals surface area (Å²) in [6.07, 6.45) is 1.93. The lowest BCUT2D eigenvalue weighted by Crippen LogP contribution is -2.23. The minimum absolute atomic E-state index is 0.258. The maximum absolute atomic E-state index is 13.1. The first-order valence-electron chi connectivity index (χ1n) is 10.8. The van der Waals surface area contributed by atoms with Crippen LogP contribution >= 0.6 is 0 Å². The van der Waals surface area contributed by atoms with Crippen molar-refractivity contribution in [2.45, 2.75) is 20.0 Å². The van der Waals surface area contributed by atoms with Crippen LogP contribution < -0.4 is 0 Å². The summed E-state index contributed by atoms with van der Waals surface area (Å²) in [5.41, 5.74) is 5.34. The molecule has 0 amide bonds. The highest BCUT2D eigenvalue weighted by Crippen LogP contribution is 2.43. The third kappa shape index (κ3) is 3.31. The molecule has 0 atom stereocenters. The fourth-order valence-corrected chi connectivity index (χ4v) is 4.81. The molecule has 0 bridgehead atoms. The number of hydrogen-bond donors (Lipinski definition) is 0. The van der Waals surface area contributed by atoms with E-state index < -0.39 is 0 Å². The second-order valence-corrected chi connectivity index (χ2v) is 8.00. The van der Waals surface area contributed by atoms with Crippen molar-refractivity contribution in [2.24, 2.45) is 0 Å². The van der Waals surface area contributed by atoms with E-state index in [4.69, 9.17) is 4.74 Å². The van der Waals surface area contributed by atoms with E-state index in [1.807, 2.05) is 25.1 Å². The zero-order valence-electron chi connectivity index (χ0n) is 17.7. The lowest BCUT2D eigenvalue weighted by molar-refractivity contribution is 0.0524. The van der Waals surface area contributed by atoms with Gasteiger partial charge in [0.25, 0.3) is 0 Å². The van der Waals surface area contributed by atoms with Crippen LogP contribution in [0.15, 0.2) is 79.4 Å². The molecule has 0 N–H and O–H groups in total. The van der Waals surface area contributed by atoms with Crippen LogP contribution in [0.3, 0.4) is 0 Å². The van der Waals surface area contributed by atoms with Crippen molar-refractivity contribution in [1.29, 1.82) is 0 Å². The van der Waals surface area contributed by atoms with E-state index in [2.05, 4.69) is 66.1 Å². The molecule has 0 saturated heterocycles. The first-order valence-corrected chi connectivity index (χ1v) is 10.8. The molecule has 0 unspecified atom stereocenters. The molecule has 1 aliphatic rings. The SMILES string of the molecule is C=CCN1Cc2ccc3ccccc3c2-c2c(c(C(=O)OCC)cc3ccccc23)C1. The fraction of sp³-hybridized carbons (Fsp3) is 0.179. The molecule has 0 spiro atoms. The van der Waals surface area contributed by atoms with Crippen molar-refractivity contribution < 1.29 is 9.53 Å². The quantitative estimate of drug-likeness (QED) is 0.292. The van der Waals surface area contributed by atoms with Gasteiger partial charge in [-0.15, -0.1) is 6.58 Å². The summed E-state index contributed by atoms with van der Waals surface area (Å²) in [5.74, 6) is -0.258. The molecule has 4 aromatic rings. The van der Waals surface area contributed by atoms with Crippen LogP contribution in [0.1, 0.15) is 28.4 Å². The lowest BCUT2D eigenvalue weighted by Gasteiger charge is -2.21. The van der Waals surface area contributed by atoms with E-state index >= 15 is 0 Å². The van der Waals surface area contributed by atoms with Gasteiger partial charge in [-0.3, -0.25) is 4.90 Å². The first-order chi connectivity index (χ1) is 15.2. The largest absolute Gasteiger partial charge is 0.462 e. The molecule has 0 radical (unpaired) electrons. The second-order valence-electron chi connectivity index (χ2n) is 8.00. The summed E-state index contributed by atoms with van der Waals surface area (Å²) in [4.78, 5) is 15.4. The molecule has 0 saturated carbocycles. The number of carbonyl (C=O) groups is 1. The van der Waals surface area contributed by atoms with E-state index in [1.165, 1.54) is 27.3 Å². The summed E-state index contributed by atoms with van der Waals surface area (Å²) in [6.45, 7) is 8.38. The molecule has 154 valence electrons. The van der Waals surface area contributed by atoms with Crippen LogP contribution in [0, 0.1) is 0 Å². The van der Waals surface area contributed by atoms with Crippen molar-refractivity contribution in [1.82, 2.24) is 4.90 Å². The second kappa shape index (κ2) is 8.01. The van der Waals surface area contributed by atoms with E-state index in [9.17, 15) is 4.79 Å². The Labute approximate surface area is 182 Å². The average Bonchev–Trinajstić information content (AvgIpc) is 2.96. The van der Waals surface area contributed by atoms with Crippen LogP contribution in [0.4, 0.5) is 0 Å². The highest BCUT2D eigenvalue weighted by molar-refractivity contribution is 6.11. The van der Waals surface area contributed by atoms with Gasteiger partial charge in [-0.2, -0.15) is 0 Å². The Hall–Kier alpha value is -3.43. The van der Waals surface area contributed by atoms with Gasteiger partial charge < -0.3 is 4.74 Å². The Bertz CT molecular complexity index is 1320. The van der Waals surface area contributed by atoms with Crippen LogP contribution in [-0.4, -0.2) is 24.0 Å². The van der Waals surface area contributed by atoms with Crippen molar-refractivity contribution in [3.63, 3.8) is 0 Å². The van der Waals surface area contributed by atoms with Crippen LogP contribution in [0.5, 0.6) is 0 Å². The molecule has 3 heteroatoms. The Kier molecular flexibility index (Phi) is 5.05. The van der Waals surface area contributed by atoms with Crippen LogP contribution in [0.25, 0.3) is 32.7 Å². The number of carbonyl (C=O) groups excluding carboxylic acids is 1. The minimum Gasteiger partial charge on any atom is -0.462 e. The Morgan fingerprint density at radius 1 is 0.968 bits per heavy atom. The van der Waals surface area contributed by atoms with Crippen molar-refractivity contribution in [2.75, 3.05) is 13.2 Å². The molecular weight excluding hydrogens is 382 g/mol. The predicted octanol–water partition coefficient (Wildman–Crippen LogP) is 6.34. The zero-order chi connectivity index (χ0) is 21.4. The molecule has 0 aromatic heterocycles. The minimum atomic E-state index is -0.258. The monoisotopic (exact) mass is 407 g/mol. The fourth-order valence-electron chi connectivity index (χ4n) is 4.81. The molecule has 1 heterocycles. The summed E-state index contributed by atoms with van der Waals surface area (Å²) in [5, 5.41) is 4.65. The average molecular weight is 408 g/mol. The van der Waals surface area contributed by atoms with E-state index in [1.54, 1.807) is 0 Å². The van der Waals surface area contributed by atoms with Gasteiger partial charge in [0.15, 0.2) is 0 Å². The molecule has 3 nitrogen and oxygen atoms in total. The highest BCUT2D eigenvalue weighted by atomic mass is 16.5. The molecule has 4 aromatic carbocycles. The summed E-state index contributed by atoms with van der Waals surface area (Å²) in [6, 6.07) is 23.3. The first kappa shape index (κ1) is 19.5. The summed E-state index contributed by atoms with van der Waals surface area (Å²) >= 11 is 0. The number of nitrogens with zero attached hydrogens (tertiary/aromatic N) is 1. The lowest BCUT2D eigenvalue weighted by atomic mass is 9.86. The Morgan fingerprint density at radius 2 is 1.68 bits per heavy atom. The van der Waals surface area contributed by atoms with Gasteiger partial charge in [-0.25, -0.2) is 4.79 Å². The van der Waals surface area contributed by atoms with Gasteiger partial charge in [-0.1, -0.05) is 66.7 Å². The van der Waals surface area contributed by atoms with Gasteiger partial charge in [0.05, 0.1) is 12.2 Å². The third-order valence-electron chi connectivity index (χ3n) is 6.08. The number of fused-ring (bicyclic) bond motifs is 7. The molecule has 0 fully saturated rings. The summed E-state index contributed by atoms with van der Waals surface area (Å²) < 4.78 is 5.48. The van der Waals surface area contributed by atoms with Gasteiger partial charge in [0.1, 0.15) is 0 Å². The van der Waals surface area contributed by atoms with Gasteiger partial charge in [0.2, 0.25) is 0 Å². The summed E-state index contributed by atoms with van der Waals surface area (Å²) in [7, 11) is 0. The topological polar surface area (TPSA) is 29.5 Å². The smallest absolute Gasteiger partial charge is 0.338 e. The Morgan fingerprint density at radius 3 is 2.42 bits per heavy atom. The molecular formula is C28H25NO2. The standard InChI is InChI=1S/C28H25NO2/c1-3-15-29-17-21-14-13-19-9-5-7-11-22(19)26(21)27-23-12-8-6-10-20(23)16-24(25(27)18-29)28(30)31-4-2/h3,5-14,16H,1,4,15,17-18H2,2H3. The van der Waals surface area contributed by atoms with E-state index in [0.717, 1.165) is 29.6 Å². The maximum atomic E-state index is 13.1. The zero-order valence-corrected chi connectivity index (χ0v) is 17.7. The van der Waals surface area contributed by atoms with Crippen molar-refractivity contribution in [3.8, 4) is 11.1 Å². The number of ether oxygens (including phenoxy) is 1. The normalized spacial score (nSPS) is 13.5. The van der Waals surface area contributed by atoms with E-state index in [0.29, 0.717) is 18.7 Å². The van der Waals surface area contributed by atoms with Gasteiger partial charge >= 0.3 is 5.97 Å². The molecule has 1 aliphatic heterocycles. The highest BCUT2D eigenvalue weighted by Gasteiger charge is 2.27. The number of esters is 1. The Balaban J connectivity index is 1.94. The molecule has 31 heavy (non-hydrogen) atoms. The van der Waals surface area contributed by atoms with Crippen LogP contribution in [-0.2, 0) is 17.8 Å². The van der Waals surface area contributed by atoms with Gasteiger partial charge in [-0.05, 0) is 56.8 Å². The molecule has 0 aliphatic carbocycles. The molecule has 5 rings (SSSR count). The number of hydrogen-bond acceptors (Lipinski definition) is 3. The number of rotatable bonds is 4. The van der Waals surface area contributed by atoms with Crippen molar-refractivity contribution in [3.05, 3.63) is 96.1 Å². The maximum Gasteiger partial charge on any atom is 0.338 e.